The molecule has 4 nitrogen and oxygen atoms in total. The first-order valence-corrected chi connectivity index (χ1v) is 8.60. The Kier molecular flexibility index (Phi) is 4.60. The average molecular weight is 329 g/mol. The van der Waals surface area contributed by atoms with Gasteiger partial charge < -0.3 is 9.30 Å². The molecule has 0 unspecified atom stereocenters. The topological polar surface area (TPSA) is 39.9 Å². The van der Waals surface area contributed by atoms with E-state index in [4.69, 9.17) is 9.72 Å². The van der Waals surface area contributed by atoms with Gasteiger partial charge in [0.1, 0.15) is 17.9 Å². The van der Waals surface area contributed by atoms with Crippen molar-refractivity contribution in [2.45, 2.75) is 33.9 Å². The van der Waals surface area contributed by atoms with E-state index in [-0.39, 0.29) is 5.41 Å². The van der Waals surface area contributed by atoms with Gasteiger partial charge in [-0.25, -0.2) is 4.98 Å². The second kappa shape index (κ2) is 6.49. The van der Waals surface area contributed by atoms with E-state index >= 15 is 0 Å². The molecule has 5 heteroatoms. The zero-order valence-corrected chi connectivity index (χ0v) is 14.8. The van der Waals surface area contributed by atoms with E-state index in [0.29, 0.717) is 13.2 Å². The quantitative estimate of drug-likeness (QED) is 0.693. The van der Waals surface area contributed by atoms with Crippen LogP contribution in [0.4, 0.5) is 0 Å². The van der Waals surface area contributed by atoms with Gasteiger partial charge in [0, 0.05) is 18.5 Å². The van der Waals surface area contributed by atoms with Gasteiger partial charge in [0.25, 0.3) is 0 Å². The number of benzene rings is 1. The fourth-order valence-electron chi connectivity index (χ4n) is 2.76. The van der Waals surface area contributed by atoms with Gasteiger partial charge in [-0.1, -0.05) is 32.0 Å². The number of imidazole rings is 1. The number of para-hydroxylation sites is 1. The number of hydrogen-bond acceptors (Lipinski definition) is 4. The van der Waals surface area contributed by atoms with Gasteiger partial charge in [-0.2, -0.15) is 12.6 Å². The number of nitrogens with zero attached hydrogens (tertiary/aromatic N) is 3. The SMILES string of the molecule is CCOCc1nc2cnc3ccccc3c2n1CC(C)(C)CS. The molecular weight excluding hydrogens is 306 g/mol. The highest BCUT2D eigenvalue weighted by atomic mass is 32.1. The molecule has 3 aromatic rings. The third kappa shape index (κ3) is 3.21. The van der Waals surface area contributed by atoms with Crippen molar-refractivity contribution >= 4 is 34.6 Å². The summed E-state index contributed by atoms with van der Waals surface area (Å²) in [5, 5.41) is 1.13. The van der Waals surface area contributed by atoms with Crippen molar-refractivity contribution < 1.29 is 4.74 Å². The Balaban J connectivity index is 2.23. The highest BCUT2D eigenvalue weighted by molar-refractivity contribution is 7.80. The lowest BCUT2D eigenvalue weighted by Gasteiger charge is -2.24. The van der Waals surface area contributed by atoms with Crippen molar-refractivity contribution in [3.8, 4) is 0 Å². The lowest BCUT2D eigenvalue weighted by atomic mass is 9.96. The van der Waals surface area contributed by atoms with Crippen LogP contribution in [0.15, 0.2) is 30.5 Å². The maximum atomic E-state index is 5.63. The molecular formula is C18H23N3OS. The highest BCUT2D eigenvalue weighted by Crippen LogP contribution is 2.29. The minimum Gasteiger partial charge on any atom is -0.374 e. The number of rotatable bonds is 6. The van der Waals surface area contributed by atoms with E-state index in [1.165, 1.54) is 0 Å². The molecule has 2 heterocycles. The molecule has 122 valence electrons. The van der Waals surface area contributed by atoms with E-state index < -0.39 is 0 Å². The monoisotopic (exact) mass is 329 g/mol. The molecule has 0 saturated carbocycles. The van der Waals surface area contributed by atoms with E-state index in [9.17, 15) is 0 Å². The van der Waals surface area contributed by atoms with Crippen molar-refractivity contribution in [3.05, 3.63) is 36.3 Å². The van der Waals surface area contributed by atoms with Crippen LogP contribution in [0.25, 0.3) is 21.9 Å². The van der Waals surface area contributed by atoms with Crippen LogP contribution in [0.3, 0.4) is 0 Å². The van der Waals surface area contributed by atoms with Gasteiger partial charge in [-0.3, -0.25) is 4.98 Å². The molecule has 23 heavy (non-hydrogen) atoms. The Morgan fingerprint density at radius 2 is 2.00 bits per heavy atom. The van der Waals surface area contributed by atoms with Gasteiger partial charge in [0.2, 0.25) is 0 Å². The van der Waals surface area contributed by atoms with Crippen LogP contribution >= 0.6 is 12.6 Å². The lowest BCUT2D eigenvalue weighted by Crippen LogP contribution is -2.23. The second-order valence-electron chi connectivity index (χ2n) is 6.58. The summed E-state index contributed by atoms with van der Waals surface area (Å²) in [6, 6.07) is 8.21. The van der Waals surface area contributed by atoms with E-state index in [1.54, 1.807) is 0 Å². The Morgan fingerprint density at radius 3 is 2.74 bits per heavy atom. The highest BCUT2D eigenvalue weighted by Gasteiger charge is 2.22. The number of aromatic nitrogens is 3. The zero-order chi connectivity index (χ0) is 16.4. The summed E-state index contributed by atoms with van der Waals surface area (Å²) in [5.41, 5.74) is 3.13. The standard InChI is InChI=1S/C18H23N3OS/c1-4-22-10-16-20-15-9-19-14-8-6-5-7-13(14)17(15)21(16)11-18(2,3)12-23/h5-9,23H,4,10-12H2,1-3H3. The maximum absolute atomic E-state index is 5.63. The van der Waals surface area contributed by atoms with Crippen LogP contribution in [-0.2, 0) is 17.9 Å². The zero-order valence-electron chi connectivity index (χ0n) is 13.9. The molecule has 0 N–H and O–H groups in total. The number of fused-ring (bicyclic) bond motifs is 3. The number of hydrogen-bond donors (Lipinski definition) is 1. The molecule has 3 rings (SSSR count). The third-order valence-corrected chi connectivity index (χ3v) is 4.86. The fourth-order valence-corrected chi connectivity index (χ4v) is 2.86. The minimum atomic E-state index is 0.0715. The average Bonchev–Trinajstić information content (AvgIpc) is 2.90. The predicted molar refractivity (Wildman–Crippen MR) is 98.0 cm³/mol. The van der Waals surface area contributed by atoms with Crippen LogP contribution in [0.5, 0.6) is 0 Å². The predicted octanol–water partition coefficient (Wildman–Crippen LogP) is 4.08. The van der Waals surface area contributed by atoms with E-state index in [2.05, 4.69) is 42.1 Å². The summed E-state index contributed by atoms with van der Waals surface area (Å²) in [5.74, 6) is 1.76. The van der Waals surface area contributed by atoms with Crippen LogP contribution in [0, 0.1) is 5.41 Å². The summed E-state index contributed by atoms with van der Waals surface area (Å²) in [4.78, 5) is 9.30. The Morgan fingerprint density at radius 1 is 1.22 bits per heavy atom. The Labute approximate surface area is 142 Å². The molecule has 0 radical (unpaired) electrons. The molecule has 0 atom stereocenters. The van der Waals surface area contributed by atoms with Gasteiger partial charge in [-0.05, 0) is 24.2 Å². The van der Waals surface area contributed by atoms with Crippen molar-refractivity contribution in [1.82, 2.24) is 14.5 Å². The Hall–Kier alpha value is -1.59. The van der Waals surface area contributed by atoms with Crippen molar-refractivity contribution in [3.63, 3.8) is 0 Å². The lowest BCUT2D eigenvalue weighted by molar-refractivity contribution is 0.124. The maximum Gasteiger partial charge on any atom is 0.136 e. The van der Waals surface area contributed by atoms with Crippen molar-refractivity contribution in [2.24, 2.45) is 5.41 Å². The van der Waals surface area contributed by atoms with Crippen LogP contribution in [0.2, 0.25) is 0 Å². The first-order chi connectivity index (χ1) is 11.1. The number of thiol groups is 1. The van der Waals surface area contributed by atoms with Crippen LogP contribution in [0.1, 0.15) is 26.6 Å². The van der Waals surface area contributed by atoms with Crippen molar-refractivity contribution in [1.29, 1.82) is 0 Å². The second-order valence-corrected chi connectivity index (χ2v) is 6.90. The molecule has 0 saturated heterocycles. The molecule has 0 aliphatic carbocycles. The molecule has 0 aliphatic rings. The number of ether oxygens (including phenoxy) is 1. The molecule has 0 fully saturated rings. The molecule has 2 aromatic heterocycles. The summed E-state index contributed by atoms with van der Waals surface area (Å²) in [6.45, 7) is 8.49. The first-order valence-electron chi connectivity index (χ1n) is 7.97. The smallest absolute Gasteiger partial charge is 0.136 e. The van der Waals surface area contributed by atoms with Crippen LogP contribution < -0.4 is 0 Å². The van der Waals surface area contributed by atoms with Crippen LogP contribution in [-0.4, -0.2) is 26.9 Å². The van der Waals surface area contributed by atoms with E-state index in [1.807, 2.05) is 31.3 Å². The third-order valence-electron chi connectivity index (χ3n) is 4.01. The summed E-state index contributed by atoms with van der Waals surface area (Å²) in [7, 11) is 0. The van der Waals surface area contributed by atoms with Gasteiger partial charge in [0.05, 0.1) is 17.2 Å². The first kappa shape index (κ1) is 16.3. The summed E-state index contributed by atoms with van der Waals surface area (Å²) < 4.78 is 7.91. The Bertz CT molecular complexity index is 826. The van der Waals surface area contributed by atoms with Gasteiger partial charge in [-0.15, -0.1) is 0 Å². The fraction of sp³-hybridized carbons (Fsp3) is 0.444. The summed E-state index contributed by atoms with van der Waals surface area (Å²) >= 11 is 4.51. The minimum absolute atomic E-state index is 0.0715. The molecule has 0 amide bonds. The van der Waals surface area contributed by atoms with Gasteiger partial charge >= 0.3 is 0 Å². The molecule has 1 aromatic carbocycles. The van der Waals surface area contributed by atoms with E-state index in [0.717, 1.165) is 40.1 Å². The normalized spacial score (nSPS) is 12.3. The molecule has 0 bridgehead atoms. The van der Waals surface area contributed by atoms with Crippen molar-refractivity contribution in [2.75, 3.05) is 12.4 Å². The van der Waals surface area contributed by atoms with Gasteiger partial charge in [0.15, 0.2) is 0 Å². The summed E-state index contributed by atoms with van der Waals surface area (Å²) in [6.07, 6.45) is 1.86. The molecule has 0 aliphatic heterocycles. The number of pyridine rings is 1. The largest absolute Gasteiger partial charge is 0.374 e. The molecule has 0 spiro atoms.